The molecule has 2 aliphatic rings. The van der Waals surface area contributed by atoms with E-state index in [1.165, 1.54) is 38.8 Å². The number of carbonyl (C=O) groups excluding carboxylic acids is 1. The molecule has 0 saturated carbocycles. The van der Waals surface area contributed by atoms with Crippen LogP contribution in [-0.4, -0.2) is 47.9 Å². The lowest BCUT2D eigenvalue weighted by atomic mass is 9.71. The summed E-state index contributed by atoms with van der Waals surface area (Å²) in [5, 5.41) is 0. The Hall–Kier alpha value is -0.570. The van der Waals surface area contributed by atoms with Crippen LogP contribution in [0, 0.1) is 5.41 Å². The molecule has 0 N–H and O–H groups in total. The van der Waals surface area contributed by atoms with E-state index in [4.69, 9.17) is 0 Å². The zero-order valence-electron chi connectivity index (χ0n) is 13.0. The van der Waals surface area contributed by atoms with Crippen LogP contribution in [0.5, 0.6) is 0 Å². The Bertz CT molecular complexity index is 298. The van der Waals surface area contributed by atoms with Gasteiger partial charge < -0.3 is 9.80 Å². The topological polar surface area (TPSA) is 23.6 Å². The van der Waals surface area contributed by atoms with E-state index >= 15 is 0 Å². The predicted octanol–water partition coefficient (Wildman–Crippen LogP) is 2.90. The van der Waals surface area contributed by atoms with Crippen LogP contribution in [0.4, 0.5) is 0 Å². The minimum atomic E-state index is 0.394. The van der Waals surface area contributed by atoms with Crippen molar-refractivity contribution in [1.82, 2.24) is 9.80 Å². The van der Waals surface area contributed by atoms with E-state index in [9.17, 15) is 4.79 Å². The highest BCUT2D eigenvalue weighted by Crippen LogP contribution is 2.41. The highest BCUT2D eigenvalue weighted by atomic mass is 16.2. The van der Waals surface area contributed by atoms with Crippen molar-refractivity contribution in [2.75, 3.05) is 26.2 Å². The fourth-order valence-electron chi connectivity index (χ4n) is 3.46. The predicted molar refractivity (Wildman–Crippen MR) is 79.1 cm³/mol. The SMILES string of the molecule is CCCCCC(=O)N1CC2(CCN(C(C)C)CC2)C1. The van der Waals surface area contributed by atoms with Crippen molar-refractivity contribution in [2.45, 2.75) is 65.3 Å². The van der Waals surface area contributed by atoms with Gasteiger partial charge in [-0.2, -0.15) is 0 Å². The van der Waals surface area contributed by atoms with E-state index in [1.54, 1.807) is 0 Å². The third kappa shape index (κ3) is 3.50. The van der Waals surface area contributed by atoms with Crippen molar-refractivity contribution in [1.29, 1.82) is 0 Å². The van der Waals surface area contributed by atoms with Gasteiger partial charge in [0.1, 0.15) is 0 Å². The molecule has 0 bridgehead atoms. The van der Waals surface area contributed by atoms with Crippen molar-refractivity contribution in [3.63, 3.8) is 0 Å². The number of carbonyl (C=O) groups is 1. The standard InChI is InChI=1S/C16H30N2O/c1-4-5-6-7-15(19)18-12-16(13-18)8-10-17(11-9-16)14(2)3/h14H,4-13H2,1-3H3. The molecule has 2 saturated heterocycles. The van der Waals surface area contributed by atoms with Gasteiger partial charge in [0.15, 0.2) is 0 Å². The molecule has 0 unspecified atom stereocenters. The molecule has 0 aliphatic carbocycles. The first-order chi connectivity index (χ1) is 9.06. The lowest BCUT2D eigenvalue weighted by Gasteiger charge is -2.54. The maximum Gasteiger partial charge on any atom is 0.222 e. The zero-order chi connectivity index (χ0) is 13.9. The van der Waals surface area contributed by atoms with Gasteiger partial charge in [0.25, 0.3) is 0 Å². The van der Waals surface area contributed by atoms with E-state index in [-0.39, 0.29) is 0 Å². The first kappa shape index (κ1) is 14.8. The number of piperidine rings is 1. The van der Waals surface area contributed by atoms with Gasteiger partial charge >= 0.3 is 0 Å². The highest BCUT2D eigenvalue weighted by Gasteiger charge is 2.46. The van der Waals surface area contributed by atoms with Gasteiger partial charge in [-0.3, -0.25) is 4.79 Å². The molecule has 0 aromatic heterocycles. The van der Waals surface area contributed by atoms with E-state index in [0.29, 0.717) is 17.4 Å². The number of likely N-dealkylation sites (tertiary alicyclic amines) is 2. The van der Waals surface area contributed by atoms with Gasteiger partial charge in [-0.25, -0.2) is 0 Å². The lowest BCUT2D eigenvalue weighted by molar-refractivity contribution is -0.147. The highest BCUT2D eigenvalue weighted by molar-refractivity contribution is 5.77. The molecule has 0 radical (unpaired) electrons. The second-order valence-corrected chi connectivity index (χ2v) is 6.84. The average Bonchev–Trinajstić information content (AvgIpc) is 2.36. The molecular formula is C16H30N2O. The third-order valence-corrected chi connectivity index (χ3v) is 4.99. The van der Waals surface area contributed by atoms with Gasteiger partial charge in [0.05, 0.1) is 0 Å². The molecule has 2 aliphatic heterocycles. The third-order valence-electron chi connectivity index (χ3n) is 4.99. The summed E-state index contributed by atoms with van der Waals surface area (Å²) < 4.78 is 0. The second-order valence-electron chi connectivity index (χ2n) is 6.84. The molecular weight excluding hydrogens is 236 g/mol. The number of hydrogen-bond acceptors (Lipinski definition) is 2. The van der Waals surface area contributed by atoms with E-state index in [0.717, 1.165) is 25.9 Å². The Morgan fingerprint density at radius 3 is 2.32 bits per heavy atom. The van der Waals surface area contributed by atoms with Crippen LogP contribution in [0.1, 0.15) is 59.3 Å². The summed E-state index contributed by atoms with van der Waals surface area (Å²) in [6.07, 6.45) is 6.78. The van der Waals surface area contributed by atoms with Crippen molar-refractivity contribution in [2.24, 2.45) is 5.41 Å². The maximum absolute atomic E-state index is 12.0. The second kappa shape index (κ2) is 6.25. The van der Waals surface area contributed by atoms with Crippen LogP contribution in [-0.2, 0) is 4.79 Å². The summed E-state index contributed by atoms with van der Waals surface area (Å²) in [6, 6.07) is 0.671. The van der Waals surface area contributed by atoms with E-state index in [2.05, 4.69) is 30.6 Å². The molecule has 0 atom stereocenters. The van der Waals surface area contributed by atoms with E-state index < -0.39 is 0 Å². The number of amides is 1. The Morgan fingerprint density at radius 2 is 1.79 bits per heavy atom. The summed E-state index contributed by atoms with van der Waals surface area (Å²) in [4.78, 5) is 16.7. The largest absolute Gasteiger partial charge is 0.341 e. The monoisotopic (exact) mass is 266 g/mol. The fourth-order valence-corrected chi connectivity index (χ4v) is 3.46. The number of rotatable bonds is 5. The molecule has 3 nitrogen and oxygen atoms in total. The van der Waals surface area contributed by atoms with E-state index in [1.807, 2.05) is 0 Å². The summed E-state index contributed by atoms with van der Waals surface area (Å²) >= 11 is 0. The van der Waals surface area contributed by atoms with Gasteiger partial charge in [0.2, 0.25) is 5.91 Å². The summed E-state index contributed by atoms with van der Waals surface area (Å²) in [5.74, 6) is 0.394. The molecule has 19 heavy (non-hydrogen) atoms. The quantitative estimate of drug-likeness (QED) is 0.714. The van der Waals surface area contributed by atoms with Crippen LogP contribution in [0.3, 0.4) is 0 Å². The van der Waals surface area contributed by atoms with Crippen molar-refractivity contribution >= 4 is 5.91 Å². The van der Waals surface area contributed by atoms with Crippen molar-refractivity contribution < 1.29 is 4.79 Å². The van der Waals surface area contributed by atoms with Crippen molar-refractivity contribution in [3.05, 3.63) is 0 Å². The number of hydrogen-bond donors (Lipinski definition) is 0. The molecule has 2 fully saturated rings. The average molecular weight is 266 g/mol. The Kier molecular flexibility index (Phi) is 4.88. The first-order valence-corrected chi connectivity index (χ1v) is 8.08. The van der Waals surface area contributed by atoms with Crippen LogP contribution in [0.25, 0.3) is 0 Å². The van der Waals surface area contributed by atoms with Gasteiger partial charge in [-0.05, 0) is 46.2 Å². The molecule has 1 spiro atoms. The Balaban J connectivity index is 1.69. The number of nitrogens with zero attached hydrogens (tertiary/aromatic N) is 2. The Morgan fingerprint density at radius 1 is 1.16 bits per heavy atom. The van der Waals surface area contributed by atoms with Gasteiger partial charge in [-0.15, -0.1) is 0 Å². The zero-order valence-corrected chi connectivity index (χ0v) is 13.0. The number of unbranched alkanes of at least 4 members (excludes halogenated alkanes) is 2. The molecule has 2 rings (SSSR count). The Labute approximate surface area is 118 Å². The van der Waals surface area contributed by atoms with Crippen molar-refractivity contribution in [3.8, 4) is 0 Å². The lowest BCUT2D eigenvalue weighted by Crippen LogP contribution is -2.62. The molecule has 110 valence electrons. The molecule has 1 amide bonds. The summed E-state index contributed by atoms with van der Waals surface area (Å²) in [7, 11) is 0. The maximum atomic E-state index is 12.0. The van der Waals surface area contributed by atoms with Crippen LogP contribution in [0.2, 0.25) is 0 Å². The first-order valence-electron chi connectivity index (χ1n) is 8.08. The minimum Gasteiger partial charge on any atom is -0.341 e. The summed E-state index contributed by atoms with van der Waals surface area (Å²) in [5.41, 5.74) is 0.478. The van der Waals surface area contributed by atoms with Crippen LogP contribution in [0.15, 0.2) is 0 Å². The van der Waals surface area contributed by atoms with Gasteiger partial charge in [0, 0.05) is 31.0 Å². The molecule has 0 aromatic carbocycles. The molecule has 2 heterocycles. The molecule has 0 aromatic rings. The van der Waals surface area contributed by atoms with Crippen LogP contribution >= 0.6 is 0 Å². The van der Waals surface area contributed by atoms with Crippen LogP contribution < -0.4 is 0 Å². The molecule has 3 heteroatoms. The summed E-state index contributed by atoms with van der Waals surface area (Å²) in [6.45, 7) is 11.2. The van der Waals surface area contributed by atoms with Gasteiger partial charge in [-0.1, -0.05) is 19.8 Å². The minimum absolute atomic E-state index is 0.394. The smallest absolute Gasteiger partial charge is 0.222 e. The fraction of sp³-hybridized carbons (Fsp3) is 0.938. The normalized spacial score (nSPS) is 22.8.